The van der Waals surface area contributed by atoms with E-state index in [1.54, 1.807) is 0 Å². The highest BCUT2D eigenvalue weighted by atomic mass is 79.9. The molecule has 0 unspecified atom stereocenters. The first-order valence-corrected chi connectivity index (χ1v) is 6.18. The molecule has 1 heterocycles. The Labute approximate surface area is 101 Å². The largest absolute Gasteiger partial charge is 0.431 e. The number of ether oxygens (including phenoxy) is 1. The molecule has 0 aliphatic heterocycles. The number of aryl methyl sites for hydroxylation is 2. The molecule has 0 amide bonds. The summed E-state index contributed by atoms with van der Waals surface area (Å²) in [6.07, 6.45) is 0. The van der Waals surface area contributed by atoms with Crippen LogP contribution in [0.1, 0.15) is 11.1 Å². The lowest BCUT2D eigenvalue weighted by Crippen LogP contribution is -1.87. The molecule has 2 rings (SSSR count). The number of nitrogens with zero attached hydrogens (tertiary/aromatic N) is 1. The van der Waals surface area contributed by atoms with E-state index in [0.29, 0.717) is 5.19 Å². The maximum absolute atomic E-state index is 5.66. The van der Waals surface area contributed by atoms with Crippen molar-refractivity contribution in [1.82, 2.24) is 4.98 Å². The van der Waals surface area contributed by atoms with E-state index in [1.807, 2.05) is 24.4 Å². The molecule has 0 saturated heterocycles. The van der Waals surface area contributed by atoms with Crippen molar-refractivity contribution in [1.29, 1.82) is 0 Å². The average Bonchev–Trinajstić information content (AvgIpc) is 2.56. The Kier molecular flexibility index (Phi) is 3.07. The summed E-state index contributed by atoms with van der Waals surface area (Å²) < 4.78 is 6.47. The third-order valence-electron chi connectivity index (χ3n) is 1.98. The number of hydrogen-bond donors (Lipinski definition) is 0. The minimum atomic E-state index is 0.661. The fraction of sp³-hybridized carbons (Fsp3) is 0.182. The predicted molar refractivity (Wildman–Crippen MR) is 65.8 cm³/mol. The predicted octanol–water partition coefficient (Wildman–Crippen LogP) is 4.31. The van der Waals surface area contributed by atoms with Crippen LogP contribution in [0.5, 0.6) is 10.9 Å². The van der Waals surface area contributed by atoms with Crippen LogP contribution in [-0.4, -0.2) is 4.98 Å². The van der Waals surface area contributed by atoms with Crippen LogP contribution in [0.3, 0.4) is 0 Å². The van der Waals surface area contributed by atoms with Crippen molar-refractivity contribution >= 4 is 27.3 Å². The maximum Gasteiger partial charge on any atom is 0.279 e. The molecule has 4 heteroatoms. The minimum absolute atomic E-state index is 0.661. The molecule has 0 saturated carbocycles. The third kappa shape index (κ3) is 2.58. The van der Waals surface area contributed by atoms with Gasteiger partial charge >= 0.3 is 0 Å². The van der Waals surface area contributed by atoms with Gasteiger partial charge in [-0.3, -0.25) is 0 Å². The fourth-order valence-electron chi connectivity index (χ4n) is 1.29. The maximum atomic E-state index is 5.66. The zero-order valence-electron chi connectivity index (χ0n) is 8.45. The average molecular weight is 284 g/mol. The topological polar surface area (TPSA) is 22.1 Å². The lowest BCUT2D eigenvalue weighted by molar-refractivity contribution is 0.474. The van der Waals surface area contributed by atoms with E-state index in [-0.39, 0.29) is 0 Å². The van der Waals surface area contributed by atoms with Crippen molar-refractivity contribution in [2.75, 3.05) is 0 Å². The third-order valence-corrected chi connectivity index (χ3v) is 3.41. The Bertz CT molecular complexity index is 481. The van der Waals surface area contributed by atoms with Gasteiger partial charge in [-0.25, -0.2) is 0 Å². The van der Waals surface area contributed by atoms with E-state index in [4.69, 9.17) is 4.74 Å². The highest BCUT2D eigenvalue weighted by molar-refractivity contribution is 9.10. The van der Waals surface area contributed by atoms with E-state index in [0.717, 1.165) is 15.9 Å². The summed E-state index contributed by atoms with van der Waals surface area (Å²) in [5, 5.41) is 2.56. The molecule has 0 radical (unpaired) electrons. The van der Waals surface area contributed by atoms with Crippen LogP contribution in [0, 0.1) is 13.8 Å². The van der Waals surface area contributed by atoms with Gasteiger partial charge in [-0.15, -0.1) is 0 Å². The van der Waals surface area contributed by atoms with E-state index < -0.39 is 0 Å². The van der Waals surface area contributed by atoms with E-state index in [1.165, 1.54) is 16.9 Å². The first-order chi connectivity index (χ1) is 7.15. The van der Waals surface area contributed by atoms with E-state index >= 15 is 0 Å². The second-order valence-corrected chi connectivity index (χ2v) is 4.94. The summed E-state index contributed by atoms with van der Waals surface area (Å²) >= 11 is 4.77. The van der Waals surface area contributed by atoms with Gasteiger partial charge in [0.15, 0.2) is 0 Å². The second-order valence-electron chi connectivity index (χ2n) is 3.31. The van der Waals surface area contributed by atoms with Crippen LogP contribution < -0.4 is 4.74 Å². The Balaban J connectivity index is 2.24. The highest BCUT2D eigenvalue weighted by Crippen LogP contribution is 2.29. The van der Waals surface area contributed by atoms with Gasteiger partial charge in [0.2, 0.25) is 0 Å². The molecular weight excluding hydrogens is 274 g/mol. The van der Waals surface area contributed by atoms with Crippen molar-refractivity contribution in [3.8, 4) is 10.9 Å². The van der Waals surface area contributed by atoms with Crippen LogP contribution in [0.15, 0.2) is 28.2 Å². The molecule has 0 spiro atoms. The molecule has 2 nitrogen and oxygen atoms in total. The van der Waals surface area contributed by atoms with Crippen molar-refractivity contribution in [2.45, 2.75) is 13.8 Å². The molecule has 0 fully saturated rings. The fourth-order valence-corrected chi connectivity index (χ4v) is 2.39. The number of rotatable bonds is 2. The lowest BCUT2D eigenvalue weighted by atomic mass is 10.1. The van der Waals surface area contributed by atoms with Crippen LogP contribution in [0.2, 0.25) is 0 Å². The summed E-state index contributed by atoms with van der Waals surface area (Å²) in [7, 11) is 0. The van der Waals surface area contributed by atoms with Gasteiger partial charge in [-0.05, 0) is 41.4 Å². The van der Waals surface area contributed by atoms with Crippen molar-refractivity contribution in [3.05, 3.63) is 39.3 Å². The molecular formula is C11H10BrNOS. The van der Waals surface area contributed by atoms with Crippen LogP contribution >= 0.6 is 27.3 Å². The van der Waals surface area contributed by atoms with Gasteiger partial charge < -0.3 is 4.74 Å². The number of benzene rings is 1. The molecule has 0 aliphatic rings. The number of thiazole rings is 1. The monoisotopic (exact) mass is 283 g/mol. The Morgan fingerprint density at radius 1 is 1.33 bits per heavy atom. The standard InChI is InChI=1S/C11H10BrNOS/c1-7-3-4-9(8(2)5-7)14-11-13-10(12)6-15-11/h3-6H,1-2H3. The van der Waals surface area contributed by atoms with Crippen molar-refractivity contribution in [3.63, 3.8) is 0 Å². The number of halogens is 1. The minimum Gasteiger partial charge on any atom is -0.431 e. The Morgan fingerprint density at radius 3 is 2.73 bits per heavy atom. The lowest BCUT2D eigenvalue weighted by Gasteiger charge is -2.05. The van der Waals surface area contributed by atoms with Gasteiger partial charge in [0.1, 0.15) is 10.4 Å². The molecule has 2 aromatic rings. The zero-order chi connectivity index (χ0) is 10.8. The summed E-state index contributed by atoms with van der Waals surface area (Å²) in [6, 6.07) is 6.10. The van der Waals surface area contributed by atoms with Gasteiger partial charge in [0.05, 0.1) is 0 Å². The first-order valence-electron chi connectivity index (χ1n) is 4.51. The molecule has 78 valence electrons. The quantitative estimate of drug-likeness (QED) is 0.819. The first kappa shape index (κ1) is 10.6. The molecule has 0 N–H and O–H groups in total. The van der Waals surface area contributed by atoms with Crippen molar-refractivity contribution in [2.24, 2.45) is 0 Å². The number of hydrogen-bond acceptors (Lipinski definition) is 3. The summed E-state index contributed by atoms with van der Waals surface area (Å²) in [5.41, 5.74) is 2.36. The van der Waals surface area contributed by atoms with Crippen LogP contribution in [-0.2, 0) is 0 Å². The van der Waals surface area contributed by atoms with Gasteiger partial charge in [-0.1, -0.05) is 29.0 Å². The molecule has 0 bridgehead atoms. The normalized spacial score (nSPS) is 10.3. The summed E-state index contributed by atoms with van der Waals surface area (Å²) in [5.74, 6) is 0.863. The SMILES string of the molecule is Cc1ccc(Oc2nc(Br)cs2)c(C)c1. The van der Waals surface area contributed by atoms with E-state index in [2.05, 4.69) is 33.9 Å². The molecule has 1 aromatic carbocycles. The summed E-state index contributed by atoms with van der Waals surface area (Å²) in [4.78, 5) is 4.18. The molecule has 0 aliphatic carbocycles. The van der Waals surface area contributed by atoms with Gasteiger partial charge in [0.25, 0.3) is 5.19 Å². The Morgan fingerprint density at radius 2 is 2.13 bits per heavy atom. The second kappa shape index (κ2) is 4.33. The number of aromatic nitrogens is 1. The van der Waals surface area contributed by atoms with Gasteiger partial charge in [0, 0.05) is 5.38 Å². The highest BCUT2D eigenvalue weighted by Gasteiger charge is 2.04. The summed E-state index contributed by atoms with van der Waals surface area (Å²) in [6.45, 7) is 4.10. The zero-order valence-corrected chi connectivity index (χ0v) is 10.9. The van der Waals surface area contributed by atoms with Crippen LogP contribution in [0.4, 0.5) is 0 Å². The molecule has 0 atom stereocenters. The van der Waals surface area contributed by atoms with Gasteiger partial charge in [-0.2, -0.15) is 4.98 Å². The smallest absolute Gasteiger partial charge is 0.279 e. The molecule has 1 aromatic heterocycles. The van der Waals surface area contributed by atoms with Crippen LogP contribution in [0.25, 0.3) is 0 Å². The Hall–Kier alpha value is -0.870. The van der Waals surface area contributed by atoms with E-state index in [9.17, 15) is 0 Å². The van der Waals surface area contributed by atoms with Crippen molar-refractivity contribution < 1.29 is 4.74 Å². The molecule has 15 heavy (non-hydrogen) atoms.